The van der Waals surface area contributed by atoms with Gasteiger partial charge in [0.15, 0.2) is 0 Å². The van der Waals surface area contributed by atoms with E-state index in [9.17, 15) is 0 Å². The number of anilines is 1. The first-order valence-corrected chi connectivity index (χ1v) is 11.6. The molecule has 6 heteroatoms. The maximum absolute atomic E-state index is 4.47. The van der Waals surface area contributed by atoms with Crippen LogP contribution in [0.3, 0.4) is 0 Å². The second kappa shape index (κ2) is 9.30. The Bertz CT molecular complexity index is 716. The Kier molecular flexibility index (Phi) is 6.58. The van der Waals surface area contributed by atoms with Gasteiger partial charge in [-0.3, -0.25) is 0 Å². The molecule has 4 heterocycles. The van der Waals surface area contributed by atoms with Crippen LogP contribution in [-0.4, -0.2) is 65.1 Å². The molecule has 0 unspecified atom stereocenters. The van der Waals surface area contributed by atoms with E-state index in [1.165, 1.54) is 81.5 Å². The Labute approximate surface area is 167 Å². The summed E-state index contributed by atoms with van der Waals surface area (Å²) in [4.78, 5) is 16.8. The molecule has 1 N–H and O–H groups in total. The molecule has 2 fully saturated rings. The predicted octanol–water partition coefficient (Wildman–Crippen LogP) is 4.01. The molecule has 0 aromatic carbocycles. The predicted molar refractivity (Wildman–Crippen MR) is 115 cm³/mol. The first kappa shape index (κ1) is 19.1. The van der Waals surface area contributed by atoms with Crippen molar-refractivity contribution in [3.63, 3.8) is 0 Å². The summed E-state index contributed by atoms with van der Waals surface area (Å²) >= 11 is 1.78. The summed E-state index contributed by atoms with van der Waals surface area (Å²) < 4.78 is 0. The van der Waals surface area contributed by atoms with Crippen molar-refractivity contribution in [2.45, 2.75) is 57.9 Å². The van der Waals surface area contributed by atoms with Gasteiger partial charge in [0.1, 0.15) is 17.0 Å². The molecule has 0 radical (unpaired) electrons. The lowest BCUT2D eigenvalue weighted by atomic mass is 10.00. The summed E-state index contributed by atoms with van der Waals surface area (Å²) in [6, 6.07) is 3.09. The fraction of sp³-hybridized carbons (Fsp3) is 0.714. The Balaban J connectivity index is 1.19. The monoisotopic (exact) mass is 387 g/mol. The third kappa shape index (κ3) is 4.79. The summed E-state index contributed by atoms with van der Waals surface area (Å²) in [5, 5.41) is 4.73. The van der Waals surface area contributed by atoms with Gasteiger partial charge in [-0.15, -0.1) is 11.3 Å². The summed E-state index contributed by atoms with van der Waals surface area (Å²) in [6.45, 7) is 9.58. The van der Waals surface area contributed by atoms with Crippen molar-refractivity contribution < 1.29 is 0 Å². The highest BCUT2D eigenvalue weighted by Gasteiger charge is 2.25. The van der Waals surface area contributed by atoms with Gasteiger partial charge in [-0.1, -0.05) is 13.3 Å². The van der Waals surface area contributed by atoms with E-state index in [4.69, 9.17) is 0 Å². The van der Waals surface area contributed by atoms with Crippen LogP contribution >= 0.6 is 11.3 Å². The zero-order chi connectivity index (χ0) is 18.5. The number of likely N-dealkylation sites (tertiary alicyclic amines) is 2. The quantitative estimate of drug-likeness (QED) is 0.727. The van der Waals surface area contributed by atoms with E-state index >= 15 is 0 Å². The smallest absolute Gasteiger partial charge is 0.138 e. The molecule has 27 heavy (non-hydrogen) atoms. The summed E-state index contributed by atoms with van der Waals surface area (Å²) in [5.41, 5.74) is 0. The van der Waals surface area contributed by atoms with Crippen molar-refractivity contribution in [1.29, 1.82) is 0 Å². The molecule has 0 saturated carbocycles. The van der Waals surface area contributed by atoms with Crippen LogP contribution in [0.4, 0.5) is 5.82 Å². The van der Waals surface area contributed by atoms with Crippen LogP contribution in [0, 0.1) is 0 Å². The van der Waals surface area contributed by atoms with E-state index in [0.29, 0.717) is 0 Å². The molecule has 2 saturated heterocycles. The minimum atomic E-state index is 0.848. The van der Waals surface area contributed by atoms with E-state index in [1.807, 2.05) is 0 Å². The highest BCUT2D eigenvalue weighted by Crippen LogP contribution is 2.28. The molecule has 2 aliphatic rings. The molecule has 2 aromatic heterocycles. The van der Waals surface area contributed by atoms with E-state index < -0.39 is 0 Å². The molecule has 0 aliphatic carbocycles. The molecule has 0 amide bonds. The van der Waals surface area contributed by atoms with Crippen LogP contribution in [0.5, 0.6) is 0 Å². The molecular formula is C21H33N5S. The zero-order valence-corrected chi connectivity index (χ0v) is 17.4. The van der Waals surface area contributed by atoms with Crippen LogP contribution in [-0.2, 0) is 6.42 Å². The van der Waals surface area contributed by atoms with Crippen LogP contribution < -0.4 is 5.32 Å². The SMILES string of the molecule is CCc1cc2c(NCCCN3CCC(N4CCCCC4)CC3)ncnc2s1. The molecule has 2 aliphatic heterocycles. The standard InChI is InChI=1S/C21H33N5S/c1-2-18-15-19-20(23-16-24-21(19)27-18)22-9-6-10-25-13-7-17(8-14-25)26-11-4-3-5-12-26/h15-17H,2-14H2,1H3,(H,22,23,24). The van der Waals surface area contributed by atoms with Gasteiger partial charge in [-0.05, 0) is 77.3 Å². The lowest BCUT2D eigenvalue weighted by Crippen LogP contribution is -2.46. The number of fused-ring (bicyclic) bond motifs is 1. The molecule has 5 nitrogen and oxygen atoms in total. The number of nitrogens with one attached hydrogen (secondary N) is 1. The number of thiophene rings is 1. The molecule has 148 valence electrons. The first-order valence-electron chi connectivity index (χ1n) is 10.8. The van der Waals surface area contributed by atoms with Crippen molar-refractivity contribution in [2.24, 2.45) is 0 Å². The summed E-state index contributed by atoms with van der Waals surface area (Å²) in [6.07, 6.45) is 10.9. The Morgan fingerprint density at radius 1 is 1.11 bits per heavy atom. The van der Waals surface area contributed by atoms with Crippen molar-refractivity contribution in [2.75, 3.05) is 44.6 Å². The minimum Gasteiger partial charge on any atom is -0.369 e. The lowest BCUT2D eigenvalue weighted by Gasteiger charge is -2.40. The van der Waals surface area contributed by atoms with Gasteiger partial charge in [0.05, 0.1) is 5.39 Å². The Morgan fingerprint density at radius 2 is 1.93 bits per heavy atom. The number of piperidine rings is 2. The van der Waals surface area contributed by atoms with Crippen molar-refractivity contribution in [3.8, 4) is 0 Å². The highest BCUT2D eigenvalue weighted by atomic mass is 32.1. The van der Waals surface area contributed by atoms with Crippen molar-refractivity contribution >= 4 is 27.4 Å². The molecule has 0 bridgehead atoms. The summed E-state index contributed by atoms with van der Waals surface area (Å²) in [5.74, 6) is 1.000. The number of hydrogen-bond donors (Lipinski definition) is 1. The molecule has 0 atom stereocenters. The van der Waals surface area contributed by atoms with Crippen LogP contribution in [0.25, 0.3) is 10.2 Å². The third-order valence-electron chi connectivity index (χ3n) is 6.14. The topological polar surface area (TPSA) is 44.3 Å². The molecular weight excluding hydrogens is 354 g/mol. The van der Waals surface area contributed by atoms with Crippen LogP contribution in [0.1, 0.15) is 50.3 Å². The van der Waals surface area contributed by atoms with Gasteiger partial charge in [0, 0.05) is 17.5 Å². The second-order valence-corrected chi connectivity index (χ2v) is 9.07. The van der Waals surface area contributed by atoms with E-state index in [-0.39, 0.29) is 0 Å². The minimum absolute atomic E-state index is 0.848. The van der Waals surface area contributed by atoms with E-state index in [2.05, 4.69) is 38.1 Å². The number of hydrogen-bond acceptors (Lipinski definition) is 6. The van der Waals surface area contributed by atoms with Gasteiger partial charge in [0.25, 0.3) is 0 Å². The van der Waals surface area contributed by atoms with Gasteiger partial charge < -0.3 is 15.1 Å². The largest absolute Gasteiger partial charge is 0.369 e. The molecule has 4 rings (SSSR count). The summed E-state index contributed by atoms with van der Waals surface area (Å²) in [7, 11) is 0. The zero-order valence-electron chi connectivity index (χ0n) is 16.6. The maximum atomic E-state index is 4.47. The number of nitrogens with zero attached hydrogens (tertiary/aromatic N) is 4. The Hall–Kier alpha value is -1.24. The fourth-order valence-corrected chi connectivity index (χ4v) is 5.46. The highest BCUT2D eigenvalue weighted by molar-refractivity contribution is 7.18. The van der Waals surface area contributed by atoms with E-state index in [1.54, 1.807) is 17.7 Å². The maximum Gasteiger partial charge on any atom is 0.138 e. The van der Waals surface area contributed by atoms with Gasteiger partial charge in [0.2, 0.25) is 0 Å². The average molecular weight is 388 g/mol. The van der Waals surface area contributed by atoms with Gasteiger partial charge in [-0.25, -0.2) is 9.97 Å². The number of aromatic nitrogens is 2. The van der Waals surface area contributed by atoms with Gasteiger partial charge >= 0.3 is 0 Å². The van der Waals surface area contributed by atoms with Crippen molar-refractivity contribution in [1.82, 2.24) is 19.8 Å². The number of aryl methyl sites for hydroxylation is 1. The third-order valence-corrected chi connectivity index (χ3v) is 7.32. The molecule has 0 spiro atoms. The molecule has 2 aromatic rings. The van der Waals surface area contributed by atoms with Gasteiger partial charge in [-0.2, -0.15) is 0 Å². The second-order valence-electron chi connectivity index (χ2n) is 7.96. The first-order chi connectivity index (χ1) is 13.3. The number of rotatable bonds is 7. The lowest BCUT2D eigenvalue weighted by molar-refractivity contribution is 0.0925. The average Bonchev–Trinajstić information content (AvgIpc) is 3.16. The normalized spacial score (nSPS) is 20.3. The Morgan fingerprint density at radius 3 is 2.70 bits per heavy atom. The fourth-order valence-electron chi connectivity index (χ4n) is 4.52. The van der Waals surface area contributed by atoms with Crippen LogP contribution in [0.2, 0.25) is 0 Å². The van der Waals surface area contributed by atoms with Crippen molar-refractivity contribution in [3.05, 3.63) is 17.3 Å². The van der Waals surface area contributed by atoms with E-state index in [0.717, 1.165) is 29.7 Å². The van der Waals surface area contributed by atoms with Crippen LogP contribution in [0.15, 0.2) is 12.4 Å².